The van der Waals surface area contributed by atoms with E-state index >= 15 is 0 Å². The molecule has 7 heteroatoms. The van der Waals surface area contributed by atoms with E-state index in [4.69, 9.17) is 0 Å². The Morgan fingerprint density at radius 1 is 1.26 bits per heavy atom. The van der Waals surface area contributed by atoms with E-state index in [2.05, 4.69) is 25.6 Å². The molecule has 0 spiro atoms. The van der Waals surface area contributed by atoms with Crippen LogP contribution in [0, 0.1) is 0 Å². The number of hydrogen-bond donors (Lipinski definition) is 2. The lowest BCUT2D eigenvalue weighted by Crippen LogP contribution is -2.23. The smallest absolute Gasteiger partial charge is 0.242 e. The Hall–Kier alpha value is -1.44. The topological polar surface area (TPSA) is 79.3 Å². The molecule has 2 N–H and O–H groups in total. The summed E-state index contributed by atoms with van der Waals surface area (Å²) in [5.74, 6) is 0.0980. The Bertz CT molecular complexity index is 689. The van der Waals surface area contributed by atoms with Crippen LogP contribution in [-0.2, 0) is 16.6 Å². The Labute approximate surface area is 119 Å². The van der Waals surface area contributed by atoms with Crippen molar-refractivity contribution in [2.45, 2.75) is 11.4 Å². The van der Waals surface area contributed by atoms with E-state index in [0.717, 1.165) is 0 Å². The maximum absolute atomic E-state index is 12.0. The molecule has 100 valence electrons. The molecule has 0 amide bonds. The lowest BCUT2D eigenvalue weighted by molar-refractivity contribution is 0.474. The summed E-state index contributed by atoms with van der Waals surface area (Å²) in [7, 11) is -3.62. The van der Waals surface area contributed by atoms with E-state index in [9.17, 15) is 13.5 Å². The highest BCUT2D eigenvalue weighted by molar-refractivity contribution is 9.10. The van der Waals surface area contributed by atoms with Crippen LogP contribution in [0.15, 0.2) is 52.1 Å². The minimum atomic E-state index is -3.62. The summed E-state index contributed by atoms with van der Waals surface area (Å²) in [5, 5.41) is 9.30. The summed E-state index contributed by atoms with van der Waals surface area (Å²) in [5.41, 5.74) is 0.673. The van der Waals surface area contributed by atoms with Gasteiger partial charge in [0.1, 0.15) is 10.6 Å². The maximum atomic E-state index is 12.0. The second-order valence-corrected chi connectivity index (χ2v) is 6.52. The zero-order valence-corrected chi connectivity index (χ0v) is 12.1. The highest BCUT2D eigenvalue weighted by atomic mass is 79.9. The van der Waals surface area contributed by atoms with E-state index in [1.807, 2.05) is 0 Å². The number of halogens is 1. The second kappa shape index (κ2) is 5.68. The van der Waals surface area contributed by atoms with Crippen LogP contribution in [-0.4, -0.2) is 18.5 Å². The monoisotopic (exact) mass is 342 g/mol. The van der Waals surface area contributed by atoms with Crippen LogP contribution < -0.4 is 4.72 Å². The predicted molar refractivity (Wildman–Crippen MR) is 74.1 cm³/mol. The molecule has 0 saturated heterocycles. The van der Waals surface area contributed by atoms with Gasteiger partial charge < -0.3 is 5.11 Å². The summed E-state index contributed by atoms with van der Waals surface area (Å²) < 4.78 is 27.1. The lowest BCUT2D eigenvalue weighted by Gasteiger charge is -2.07. The van der Waals surface area contributed by atoms with Gasteiger partial charge in [-0.05, 0) is 39.7 Å². The fourth-order valence-corrected chi connectivity index (χ4v) is 2.99. The van der Waals surface area contributed by atoms with Gasteiger partial charge in [-0.3, -0.25) is 4.98 Å². The van der Waals surface area contributed by atoms with Crippen molar-refractivity contribution in [2.24, 2.45) is 0 Å². The van der Waals surface area contributed by atoms with Crippen LogP contribution in [0.1, 0.15) is 5.56 Å². The molecule has 0 aliphatic heterocycles. The number of phenolic OH excluding ortho intramolecular Hbond substituents is 1. The first kappa shape index (κ1) is 14.0. The highest BCUT2D eigenvalue weighted by Crippen LogP contribution is 2.15. The number of aromatic nitrogens is 1. The molecule has 0 unspecified atom stereocenters. The maximum Gasteiger partial charge on any atom is 0.242 e. The molecule has 0 aliphatic rings. The fraction of sp³-hybridized carbons (Fsp3) is 0.0833. The minimum Gasteiger partial charge on any atom is -0.508 e. The third-order valence-corrected chi connectivity index (χ3v) is 4.17. The predicted octanol–water partition coefficient (Wildman–Crippen LogP) is 2.03. The summed E-state index contributed by atoms with van der Waals surface area (Å²) in [6, 6.07) is 7.87. The first-order valence-corrected chi connectivity index (χ1v) is 7.63. The molecular formula is C12H11BrN2O3S. The van der Waals surface area contributed by atoms with Gasteiger partial charge in [-0.1, -0.05) is 12.1 Å². The lowest BCUT2D eigenvalue weighted by atomic mass is 10.2. The average Bonchev–Trinajstić information content (AvgIpc) is 2.37. The Kier molecular flexibility index (Phi) is 4.18. The molecule has 1 heterocycles. The molecule has 1 aromatic carbocycles. The number of hydrogen-bond acceptors (Lipinski definition) is 4. The molecule has 0 bridgehead atoms. The van der Waals surface area contributed by atoms with Crippen LogP contribution >= 0.6 is 15.9 Å². The summed E-state index contributed by atoms with van der Waals surface area (Å²) in [4.78, 5) is 3.90. The zero-order valence-electron chi connectivity index (χ0n) is 9.75. The van der Waals surface area contributed by atoms with Gasteiger partial charge in [-0.2, -0.15) is 0 Å². The van der Waals surface area contributed by atoms with Gasteiger partial charge in [0, 0.05) is 23.4 Å². The normalized spacial score (nSPS) is 11.4. The van der Waals surface area contributed by atoms with Gasteiger partial charge in [0.25, 0.3) is 0 Å². The van der Waals surface area contributed by atoms with Crippen molar-refractivity contribution in [3.63, 3.8) is 0 Å². The quantitative estimate of drug-likeness (QED) is 0.890. The minimum absolute atomic E-state index is 0.0852. The van der Waals surface area contributed by atoms with Crippen LogP contribution in [0.5, 0.6) is 5.75 Å². The van der Waals surface area contributed by atoms with E-state index in [0.29, 0.717) is 10.0 Å². The fourth-order valence-electron chi connectivity index (χ4n) is 1.47. The van der Waals surface area contributed by atoms with Crippen molar-refractivity contribution in [1.82, 2.24) is 9.71 Å². The molecule has 0 radical (unpaired) electrons. The number of aromatic hydroxyl groups is 1. The van der Waals surface area contributed by atoms with Crippen LogP contribution in [0.25, 0.3) is 0 Å². The van der Waals surface area contributed by atoms with Gasteiger partial charge in [-0.15, -0.1) is 0 Å². The largest absolute Gasteiger partial charge is 0.508 e. The average molecular weight is 343 g/mol. The summed E-state index contributed by atoms with van der Waals surface area (Å²) >= 11 is 3.17. The third kappa shape index (κ3) is 3.76. The van der Waals surface area contributed by atoms with Gasteiger partial charge in [0.05, 0.1) is 0 Å². The Morgan fingerprint density at radius 3 is 2.74 bits per heavy atom. The van der Waals surface area contributed by atoms with Crippen LogP contribution in [0.4, 0.5) is 0 Å². The van der Waals surface area contributed by atoms with Crippen LogP contribution in [0.3, 0.4) is 0 Å². The van der Waals surface area contributed by atoms with Crippen molar-refractivity contribution < 1.29 is 13.5 Å². The number of pyridine rings is 1. The van der Waals surface area contributed by atoms with E-state index in [-0.39, 0.29) is 17.2 Å². The molecule has 0 fully saturated rings. The highest BCUT2D eigenvalue weighted by Gasteiger charge is 2.14. The van der Waals surface area contributed by atoms with E-state index < -0.39 is 10.0 Å². The number of nitrogens with zero attached hydrogens (tertiary/aromatic N) is 1. The number of sulfonamides is 1. The standard InChI is InChI=1S/C12H11BrN2O3S/c13-10-5-12(8-14-7-10)19(17,18)15-6-9-2-1-3-11(16)4-9/h1-5,7-8,15-16H,6H2. The summed E-state index contributed by atoms with van der Waals surface area (Å²) in [6.45, 7) is 0.100. The SMILES string of the molecule is O=S(=O)(NCc1cccc(O)c1)c1cncc(Br)c1. The number of nitrogens with one attached hydrogen (secondary N) is 1. The molecule has 2 aromatic rings. The molecule has 19 heavy (non-hydrogen) atoms. The molecular weight excluding hydrogens is 332 g/mol. The van der Waals surface area contributed by atoms with Crippen LogP contribution in [0.2, 0.25) is 0 Å². The number of phenols is 1. The zero-order chi connectivity index (χ0) is 13.9. The third-order valence-electron chi connectivity index (χ3n) is 2.37. The first-order chi connectivity index (χ1) is 8.97. The summed E-state index contributed by atoms with van der Waals surface area (Å²) in [6.07, 6.45) is 2.78. The number of rotatable bonds is 4. The van der Waals surface area contributed by atoms with E-state index in [1.54, 1.807) is 12.1 Å². The molecule has 0 saturated carbocycles. The second-order valence-electron chi connectivity index (χ2n) is 3.83. The van der Waals surface area contributed by atoms with E-state index in [1.165, 1.54) is 30.6 Å². The van der Waals surface area contributed by atoms with Crippen molar-refractivity contribution in [3.8, 4) is 5.75 Å². The van der Waals surface area contributed by atoms with Crippen molar-refractivity contribution in [3.05, 3.63) is 52.8 Å². The number of benzene rings is 1. The molecule has 0 aliphatic carbocycles. The van der Waals surface area contributed by atoms with Gasteiger partial charge in [-0.25, -0.2) is 13.1 Å². The molecule has 0 atom stereocenters. The Balaban J connectivity index is 2.14. The Morgan fingerprint density at radius 2 is 2.05 bits per heavy atom. The van der Waals surface area contributed by atoms with Crippen molar-refractivity contribution in [2.75, 3.05) is 0 Å². The van der Waals surface area contributed by atoms with Gasteiger partial charge in [0.15, 0.2) is 0 Å². The molecule has 2 rings (SSSR count). The van der Waals surface area contributed by atoms with Gasteiger partial charge >= 0.3 is 0 Å². The van der Waals surface area contributed by atoms with Gasteiger partial charge in [0.2, 0.25) is 10.0 Å². The molecule has 1 aromatic heterocycles. The van der Waals surface area contributed by atoms with Crippen molar-refractivity contribution >= 4 is 26.0 Å². The molecule has 5 nitrogen and oxygen atoms in total. The van der Waals surface area contributed by atoms with Crippen molar-refractivity contribution in [1.29, 1.82) is 0 Å². The first-order valence-electron chi connectivity index (χ1n) is 5.35.